The molecule has 0 aliphatic carbocycles. The van der Waals surface area contributed by atoms with Gasteiger partial charge in [-0.15, -0.1) is 0 Å². The van der Waals surface area contributed by atoms with Crippen LogP contribution in [0.4, 0.5) is 0 Å². The average molecular weight is 364 g/mol. The topological polar surface area (TPSA) is 157 Å². The fourth-order valence-corrected chi connectivity index (χ4v) is 2.79. The fourth-order valence-electron chi connectivity index (χ4n) is 2.79. The summed E-state index contributed by atoms with van der Waals surface area (Å²) in [6, 6.07) is 2.76. The maximum Gasteiger partial charge on any atom is 0.308 e. The van der Waals surface area contributed by atoms with E-state index in [1.807, 2.05) is 0 Å². The molecule has 1 aliphatic heterocycles. The predicted octanol–water partition coefficient (Wildman–Crippen LogP) is -0.819. The van der Waals surface area contributed by atoms with Crippen LogP contribution in [0.25, 0.3) is 5.52 Å². The lowest BCUT2D eigenvalue weighted by Crippen LogP contribution is -2.45. The third-order valence-electron chi connectivity index (χ3n) is 4.14. The van der Waals surface area contributed by atoms with Crippen LogP contribution in [0.5, 0.6) is 0 Å². The molecule has 1 aliphatic rings. The standard InChI is InChI=1S/C16H19N5O5/c1-8(2)15(24)25-13-12(23)10(5-22)26-16(13,6-17)11-4-3-9-14(18)19-7-20-21(9)11/h3-4,7-8,10,12-13,22-23H,5H2,1-2H3,(H2,18,19,20)/t10-,12-,13-,16+/m1/s1/i3D,5D2. The lowest BCUT2D eigenvalue weighted by atomic mass is 9.92. The second-order valence-corrected chi connectivity index (χ2v) is 6.11. The molecule has 4 N–H and O–H groups in total. The molecule has 10 heteroatoms. The van der Waals surface area contributed by atoms with Crippen molar-refractivity contribution in [2.45, 2.75) is 37.8 Å². The van der Waals surface area contributed by atoms with Crippen LogP contribution >= 0.6 is 0 Å². The monoisotopic (exact) mass is 364 g/mol. The minimum absolute atomic E-state index is 0.0143. The quantitative estimate of drug-likeness (QED) is 0.516. The largest absolute Gasteiger partial charge is 0.455 e. The molecule has 0 unspecified atom stereocenters. The summed E-state index contributed by atoms with van der Waals surface area (Å²) in [6.45, 7) is -0.00720. The Balaban J connectivity index is 2.26. The number of nitriles is 1. The van der Waals surface area contributed by atoms with Gasteiger partial charge in [-0.2, -0.15) is 5.26 Å². The predicted molar refractivity (Wildman–Crippen MR) is 85.4 cm³/mol. The Kier molecular flexibility index (Phi) is 3.62. The summed E-state index contributed by atoms with van der Waals surface area (Å²) in [5.41, 5.74) is -2.70. The van der Waals surface area contributed by atoms with Gasteiger partial charge in [0.2, 0.25) is 5.60 Å². The molecular weight excluding hydrogens is 342 g/mol. The van der Waals surface area contributed by atoms with Gasteiger partial charge in [-0.05, 0) is 12.1 Å². The number of carbonyl (C=O) groups excluding carboxylic acids is 1. The van der Waals surface area contributed by atoms with Gasteiger partial charge in [0.1, 0.15) is 30.1 Å². The van der Waals surface area contributed by atoms with Crippen LogP contribution in [-0.2, 0) is 19.9 Å². The Morgan fingerprint density at radius 3 is 3.12 bits per heavy atom. The van der Waals surface area contributed by atoms with E-state index < -0.39 is 42.4 Å². The van der Waals surface area contributed by atoms with Crippen LogP contribution in [0.2, 0.25) is 0 Å². The summed E-state index contributed by atoms with van der Waals surface area (Å²) in [5.74, 6) is -1.41. The van der Waals surface area contributed by atoms with Crippen LogP contribution < -0.4 is 5.49 Å². The van der Waals surface area contributed by atoms with E-state index in [9.17, 15) is 20.3 Å². The molecule has 10 nitrogen and oxygen atoms in total. The summed E-state index contributed by atoms with van der Waals surface area (Å²) in [7, 11) is 0. The number of aromatic amines is 1. The molecule has 1 fully saturated rings. The first-order valence-corrected chi connectivity index (χ1v) is 7.75. The van der Waals surface area contributed by atoms with Crippen molar-refractivity contribution in [3.05, 3.63) is 29.6 Å². The Morgan fingerprint density at radius 1 is 1.77 bits per heavy atom. The summed E-state index contributed by atoms with van der Waals surface area (Å²) in [4.78, 5) is 15.9. The zero-order chi connectivity index (χ0) is 21.7. The molecule has 2 aromatic rings. The molecule has 2 aromatic heterocycles. The molecule has 3 heterocycles. The van der Waals surface area contributed by atoms with Crippen molar-refractivity contribution in [1.82, 2.24) is 14.6 Å². The Labute approximate surface area is 152 Å². The van der Waals surface area contributed by atoms with Crippen LogP contribution in [0.3, 0.4) is 0 Å². The molecule has 0 spiro atoms. The number of hydrogen-bond acceptors (Lipinski definition) is 8. The smallest absolute Gasteiger partial charge is 0.308 e. The molecule has 1 saturated heterocycles. The third kappa shape index (κ3) is 2.57. The highest BCUT2D eigenvalue weighted by Crippen LogP contribution is 2.41. The van der Waals surface area contributed by atoms with Crippen molar-refractivity contribution in [3.63, 3.8) is 0 Å². The van der Waals surface area contributed by atoms with Gasteiger partial charge in [0.15, 0.2) is 11.6 Å². The summed E-state index contributed by atoms with van der Waals surface area (Å²) >= 11 is 0. The van der Waals surface area contributed by atoms with Gasteiger partial charge in [-0.1, -0.05) is 13.8 Å². The first-order valence-electron chi connectivity index (χ1n) is 9.25. The number of hydrogen-bond donors (Lipinski definition) is 4. The van der Waals surface area contributed by atoms with E-state index in [1.165, 1.54) is 13.8 Å². The third-order valence-corrected chi connectivity index (χ3v) is 4.14. The molecule has 26 heavy (non-hydrogen) atoms. The van der Waals surface area contributed by atoms with Gasteiger partial charge >= 0.3 is 5.97 Å². The number of fused-ring (bicyclic) bond motifs is 1. The maximum absolute atomic E-state index is 12.2. The van der Waals surface area contributed by atoms with Gasteiger partial charge in [-0.3, -0.25) is 19.8 Å². The summed E-state index contributed by atoms with van der Waals surface area (Å²) in [5, 5.41) is 40.9. The van der Waals surface area contributed by atoms with Crippen molar-refractivity contribution in [2.24, 2.45) is 5.92 Å². The molecule has 3 rings (SSSR count). The molecular formula is C16H19N5O5. The number of aromatic nitrogens is 3. The van der Waals surface area contributed by atoms with E-state index in [-0.39, 0.29) is 22.7 Å². The number of aliphatic hydroxyl groups is 2. The van der Waals surface area contributed by atoms with E-state index in [1.54, 1.807) is 6.07 Å². The number of aliphatic hydroxyl groups excluding tert-OH is 1. The van der Waals surface area contributed by atoms with E-state index in [4.69, 9.17) is 19.0 Å². The van der Waals surface area contributed by atoms with Crippen molar-refractivity contribution in [3.8, 4) is 6.07 Å². The van der Waals surface area contributed by atoms with Crippen LogP contribution in [-0.4, -0.2) is 55.7 Å². The molecule has 0 aromatic carbocycles. The van der Waals surface area contributed by atoms with Crippen molar-refractivity contribution in [2.75, 3.05) is 6.56 Å². The second-order valence-electron chi connectivity index (χ2n) is 6.11. The highest BCUT2D eigenvalue weighted by Gasteiger charge is 2.60. The number of ether oxygens (including phenoxy) is 2. The zero-order valence-electron chi connectivity index (χ0n) is 16.9. The second kappa shape index (κ2) is 6.53. The highest BCUT2D eigenvalue weighted by molar-refractivity contribution is 5.72. The van der Waals surface area contributed by atoms with Crippen LogP contribution in [0.15, 0.2) is 18.4 Å². The number of carbonyl (C=O) groups is 1. The van der Waals surface area contributed by atoms with Crippen molar-refractivity contribution in [1.29, 1.82) is 10.7 Å². The minimum Gasteiger partial charge on any atom is -0.455 e. The van der Waals surface area contributed by atoms with Gasteiger partial charge < -0.3 is 19.7 Å². The maximum atomic E-state index is 12.2. The number of rotatable bonds is 4. The SMILES string of the molecule is [2H]c1cc([C@]2(C#N)O[C@H](C([2H])([2H])O)[C@@H](O)[C@H]2OC(=O)C(C)C)n2[nH]cnc(=N)c12. The summed E-state index contributed by atoms with van der Waals surface area (Å²) < 4.78 is 35.1. The highest BCUT2D eigenvalue weighted by atomic mass is 16.6. The Bertz CT molecular complexity index is 1060. The lowest BCUT2D eigenvalue weighted by Gasteiger charge is -2.28. The normalized spacial score (nSPS) is 30.6. The Hall–Kier alpha value is -2.74. The van der Waals surface area contributed by atoms with Gasteiger partial charge in [0.25, 0.3) is 0 Å². The molecule has 0 amide bonds. The van der Waals surface area contributed by atoms with Crippen molar-refractivity contribution < 1.29 is 28.6 Å². The molecule has 0 radical (unpaired) electrons. The first kappa shape index (κ1) is 14.4. The van der Waals surface area contributed by atoms with Gasteiger partial charge in [0.05, 0.1) is 22.3 Å². The van der Waals surface area contributed by atoms with Crippen LogP contribution in [0, 0.1) is 22.7 Å². The van der Waals surface area contributed by atoms with Gasteiger partial charge in [0, 0.05) is 0 Å². The molecule has 4 atom stereocenters. The zero-order valence-corrected chi connectivity index (χ0v) is 13.9. The minimum atomic E-state index is -3.07. The number of esters is 1. The first-order chi connectivity index (χ1) is 13.4. The number of H-pyrrole nitrogens is 1. The Morgan fingerprint density at radius 2 is 2.50 bits per heavy atom. The van der Waals surface area contributed by atoms with E-state index in [2.05, 4.69) is 10.1 Å². The summed E-state index contributed by atoms with van der Waals surface area (Å²) in [6.07, 6.45) is -4.41. The van der Waals surface area contributed by atoms with Gasteiger partial charge in [-0.25, -0.2) is 4.98 Å². The van der Waals surface area contributed by atoms with E-state index >= 15 is 0 Å². The van der Waals surface area contributed by atoms with E-state index in [0.717, 1.165) is 16.9 Å². The molecule has 0 saturated carbocycles. The fraction of sp³-hybridized carbons (Fsp3) is 0.500. The van der Waals surface area contributed by atoms with E-state index in [0.29, 0.717) is 0 Å². The lowest BCUT2D eigenvalue weighted by molar-refractivity contribution is -0.163. The number of nitrogens with one attached hydrogen (secondary N) is 2. The van der Waals surface area contributed by atoms with Crippen molar-refractivity contribution >= 4 is 11.5 Å². The average Bonchev–Trinajstić information content (AvgIpc) is 3.12. The number of nitrogens with zero attached hydrogens (tertiary/aromatic N) is 3. The molecule has 138 valence electrons. The molecule has 0 bridgehead atoms. The van der Waals surface area contributed by atoms with Crippen LogP contribution in [0.1, 0.15) is 23.7 Å².